The van der Waals surface area contributed by atoms with E-state index in [4.69, 9.17) is 9.47 Å². The summed E-state index contributed by atoms with van der Waals surface area (Å²) in [6, 6.07) is 7.91. The smallest absolute Gasteiger partial charge is 0.264 e. The summed E-state index contributed by atoms with van der Waals surface area (Å²) in [4.78, 5) is 14.3. The molecule has 0 radical (unpaired) electrons. The first-order valence-electron chi connectivity index (χ1n) is 7.48. The van der Waals surface area contributed by atoms with Crippen LogP contribution in [-0.4, -0.2) is 49.7 Å². The lowest BCUT2D eigenvalue weighted by Crippen LogP contribution is -2.46. The van der Waals surface area contributed by atoms with Gasteiger partial charge >= 0.3 is 0 Å². The fraction of sp³-hybridized carbons (Fsp3) is 0.562. The first-order valence-corrected chi connectivity index (χ1v) is 7.48. The van der Waals surface area contributed by atoms with Crippen LogP contribution in [0, 0.1) is 0 Å². The number of amides is 1. The van der Waals surface area contributed by atoms with E-state index in [0.29, 0.717) is 24.1 Å². The summed E-state index contributed by atoms with van der Waals surface area (Å²) in [6.45, 7) is 6.03. The van der Waals surface area contributed by atoms with Crippen LogP contribution in [0.1, 0.15) is 20.3 Å². The molecule has 1 N–H and O–H groups in total. The van der Waals surface area contributed by atoms with Crippen molar-refractivity contribution in [3.63, 3.8) is 0 Å². The molecule has 2 rings (SSSR count). The topological polar surface area (TPSA) is 50.8 Å². The van der Waals surface area contributed by atoms with E-state index in [1.165, 1.54) is 0 Å². The second-order valence-corrected chi connectivity index (χ2v) is 5.39. The molecule has 5 heteroatoms. The van der Waals surface area contributed by atoms with Gasteiger partial charge in [0.25, 0.3) is 5.91 Å². The molecule has 21 heavy (non-hydrogen) atoms. The summed E-state index contributed by atoms with van der Waals surface area (Å²) in [6.07, 6.45) is 0.523. The van der Waals surface area contributed by atoms with Crippen LogP contribution in [0.2, 0.25) is 0 Å². The van der Waals surface area contributed by atoms with Gasteiger partial charge in [0.1, 0.15) is 6.61 Å². The Morgan fingerprint density at radius 3 is 2.86 bits per heavy atom. The quantitative estimate of drug-likeness (QED) is 0.866. The zero-order chi connectivity index (χ0) is 15.2. The number of benzene rings is 1. The Labute approximate surface area is 126 Å². The van der Waals surface area contributed by atoms with Gasteiger partial charge in [-0.1, -0.05) is 19.1 Å². The van der Waals surface area contributed by atoms with Crippen LogP contribution in [0.5, 0.6) is 11.5 Å². The molecule has 1 amide bonds. The largest absolute Gasteiger partial charge is 0.485 e. The Kier molecular flexibility index (Phi) is 5.44. The number of likely N-dealkylation sites (N-methyl/N-ethyl adjacent to an activating group) is 1. The van der Waals surface area contributed by atoms with Gasteiger partial charge in [-0.05, 0) is 32.5 Å². The molecular formula is C16H24N2O3. The predicted molar refractivity (Wildman–Crippen MR) is 81.7 cm³/mol. The monoisotopic (exact) mass is 292 g/mol. The van der Waals surface area contributed by atoms with Crippen LogP contribution in [0.25, 0.3) is 0 Å². The molecule has 1 aromatic carbocycles. The second-order valence-electron chi connectivity index (χ2n) is 5.39. The molecule has 5 nitrogen and oxygen atoms in total. The highest BCUT2D eigenvalue weighted by Gasteiger charge is 2.26. The van der Waals surface area contributed by atoms with E-state index in [9.17, 15) is 4.79 Å². The summed E-state index contributed by atoms with van der Waals surface area (Å²) in [5.74, 6) is 1.20. The van der Waals surface area contributed by atoms with Gasteiger partial charge in [0.2, 0.25) is 6.10 Å². The molecule has 0 bridgehead atoms. The third kappa shape index (κ3) is 4.11. The number of carbonyl (C=O) groups is 1. The van der Waals surface area contributed by atoms with Crippen molar-refractivity contribution < 1.29 is 14.3 Å². The number of para-hydroxylation sites is 2. The van der Waals surface area contributed by atoms with Crippen molar-refractivity contribution in [3.8, 4) is 11.5 Å². The minimum Gasteiger partial charge on any atom is -0.485 e. The van der Waals surface area contributed by atoms with E-state index in [0.717, 1.165) is 13.0 Å². The summed E-state index contributed by atoms with van der Waals surface area (Å²) < 4.78 is 11.2. The van der Waals surface area contributed by atoms with Gasteiger partial charge in [-0.15, -0.1) is 0 Å². The maximum absolute atomic E-state index is 12.1. The average molecular weight is 292 g/mol. The fourth-order valence-corrected chi connectivity index (χ4v) is 2.15. The zero-order valence-corrected chi connectivity index (χ0v) is 13.0. The molecule has 0 aliphatic carbocycles. The molecule has 116 valence electrons. The maximum atomic E-state index is 12.1. The first-order chi connectivity index (χ1) is 10.1. The highest BCUT2D eigenvalue weighted by molar-refractivity contribution is 5.81. The van der Waals surface area contributed by atoms with E-state index in [1.807, 2.05) is 24.3 Å². The lowest BCUT2D eigenvalue weighted by atomic mass is 10.2. The molecule has 0 fully saturated rings. The van der Waals surface area contributed by atoms with Crippen LogP contribution >= 0.6 is 0 Å². The van der Waals surface area contributed by atoms with E-state index >= 15 is 0 Å². The summed E-state index contributed by atoms with van der Waals surface area (Å²) in [5.41, 5.74) is 0. The van der Waals surface area contributed by atoms with Crippen LogP contribution in [0.3, 0.4) is 0 Å². The molecular weight excluding hydrogens is 268 g/mol. The molecule has 0 aromatic heterocycles. The molecule has 0 spiro atoms. The average Bonchev–Trinajstić information content (AvgIpc) is 2.53. The van der Waals surface area contributed by atoms with Crippen molar-refractivity contribution in [1.82, 2.24) is 10.2 Å². The van der Waals surface area contributed by atoms with Crippen LogP contribution < -0.4 is 14.8 Å². The van der Waals surface area contributed by atoms with Crippen LogP contribution in [0.4, 0.5) is 0 Å². The number of hydrogen-bond acceptors (Lipinski definition) is 4. The van der Waals surface area contributed by atoms with Gasteiger partial charge in [-0.2, -0.15) is 0 Å². The van der Waals surface area contributed by atoms with Crippen molar-refractivity contribution in [3.05, 3.63) is 24.3 Å². The number of nitrogens with zero attached hydrogens (tertiary/aromatic N) is 1. The van der Waals surface area contributed by atoms with Crippen molar-refractivity contribution in [1.29, 1.82) is 0 Å². The molecule has 1 aromatic rings. The van der Waals surface area contributed by atoms with E-state index in [2.05, 4.69) is 31.1 Å². The molecule has 1 aliphatic rings. The normalized spacial score (nSPS) is 18.4. The van der Waals surface area contributed by atoms with Crippen molar-refractivity contribution in [2.24, 2.45) is 0 Å². The van der Waals surface area contributed by atoms with Crippen molar-refractivity contribution >= 4 is 5.91 Å². The molecule has 1 aliphatic heterocycles. The molecule has 0 saturated carbocycles. The van der Waals surface area contributed by atoms with Gasteiger partial charge in [0.15, 0.2) is 11.5 Å². The number of rotatable bonds is 6. The minimum atomic E-state index is -0.575. The number of ether oxygens (including phenoxy) is 2. The lowest BCUT2D eigenvalue weighted by molar-refractivity contribution is -0.130. The zero-order valence-electron chi connectivity index (χ0n) is 13.0. The van der Waals surface area contributed by atoms with E-state index in [-0.39, 0.29) is 12.5 Å². The first kappa shape index (κ1) is 15.6. The maximum Gasteiger partial charge on any atom is 0.264 e. The fourth-order valence-electron chi connectivity index (χ4n) is 2.15. The SMILES string of the molecule is CC[C@@H](C)N(C)CCNC(=O)[C@H]1COc2ccccc2O1. The Hall–Kier alpha value is -1.75. The van der Waals surface area contributed by atoms with Gasteiger partial charge in [0.05, 0.1) is 0 Å². The lowest BCUT2D eigenvalue weighted by Gasteiger charge is -2.27. The number of carbonyl (C=O) groups excluding carboxylic acids is 1. The Morgan fingerprint density at radius 2 is 2.14 bits per heavy atom. The van der Waals surface area contributed by atoms with Crippen LogP contribution in [-0.2, 0) is 4.79 Å². The highest BCUT2D eigenvalue weighted by atomic mass is 16.6. The molecule has 0 saturated heterocycles. The Morgan fingerprint density at radius 1 is 1.43 bits per heavy atom. The van der Waals surface area contributed by atoms with Gasteiger partial charge in [0, 0.05) is 19.1 Å². The van der Waals surface area contributed by atoms with E-state index < -0.39 is 6.10 Å². The summed E-state index contributed by atoms with van der Waals surface area (Å²) in [7, 11) is 2.07. The number of hydrogen-bond donors (Lipinski definition) is 1. The van der Waals surface area contributed by atoms with Crippen LogP contribution in [0.15, 0.2) is 24.3 Å². The minimum absolute atomic E-state index is 0.123. The number of nitrogens with one attached hydrogen (secondary N) is 1. The van der Waals surface area contributed by atoms with E-state index in [1.54, 1.807) is 0 Å². The summed E-state index contributed by atoms with van der Waals surface area (Å²) in [5, 5.41) is 2.91. The second kappa shape index (κ2) is 7.31. The Balaban J connectivity index is 1.77. The van der Waals surface area contributed by atoms with Gasteiger partial charge < -0.3 is 19.7 Å². The molecule has 0 unspecified atom stereocenters. The Bertz CT molecular complexity index is 478. The third-order valence-corrected chi connectivity index (χ3v) is 3.91. The van der Waals surface area contributed by atoms with Gasteiger partial charge in [-0.25, -0.2) is 0 Å². The number of fused-ring (bicyclic) bond motifs is 1. The van der Waals surface area contributed by atoms with Crippen molar-refractivity contribution in [2.45, 2.75) is 32.4 Å². The molecule has 2 atom stereocenters. The predicted octanol–water partition coefficient (Wildman–Crippen LogP) is 1.67. The van der Waals surface area contributed by atoms with Crippen molar-refractivity contribution in [2.75, 3.05) is 26.7 Å². The molecule has 1 heterocycles. The standard InChI is InChI=1S/C16H24N2O3/c1-4-12(2)18(3)10-9-17-16(19)15-11-20-13-7-5-6-8-14(13)21-15/h5-8,12,15H,4,9-11H2,1-3H3,(H,17,19)/t12-,15-/m1/s1. The third-order valence-electron chi connectivity index (χ3n) is 3.91. The van der Waals surface area contributed by atoms with Gasteiger partial charge in [-0.3, -0.25) is 4.79 Å². The highest BCUT2D eigenvalue weighted by Crippen LogP contribution is 2.30. The summed E-state index contributed by atoms with van der Waals surface area (Å²) >= 11 is 0.